The molecule has 0 amide bonds. The van der Waals surface area contributed by atoms with Crippen LogP contribution in [0.25, 0.3) is 0 Å². The smallest absolute Gasteiger partial charge is 0.0576 e. The first-order valence-electron chi connectivity index (χ1n) is 8.33. The van der Waals surface area contributed by atoms with Crippen LogP contribution in [0.15, 0.2) is 0 Å². The van der Waals surface area contributed by atoms with E-state index in [1.165, 1.54) is 51.4 Å². The van der Waals surface area contributed by atoms with Gasteiger partial charge in [-0.3, -0.25) is 0 Å². The highest BCUT2D eigenvalue weighted by Gasteiger charge is 2.55. The average molecular weight is 248 g/mol. The molecule has 0 spiro atoms. The molecular weight excluding hydrogens is 220 g/mol. The molecule has 18 heavy (non-hydrogen) atoms. The summed E-state index contributed by atoms with van der Waals surface area (Å²) in [6.07, 6.45) is 12.8. The van der Waals surface area contributed by atoms with Crippen LogP contribution in [0.1, 0.15) is 64.7 Å². The van der Waals surface area contributed by atoms with Gasteiger partial charge in [0, 0.05) is 0 Å². The Morgan fingerprint density at radius 2 is 1.39 bits per heavy atom. The molecule has 0 aromatic carbocycles. The van der Waals surface area contributed by atoms with Crippen molar-refractivity contribution < 1.29 is 5.11 Å². The molecule has 1 heteroatoms. The minimum atomic E-state index is 0.0185. The lowest BCUT2D eigenvalue weighted by Crippen LogP contribution is -2.53. The van der Waals surface area contributed by atoms with E-state index in [-0.39, 0.29) is 6.10 Å². The molecular formula is C17H28O. The van der Waals surface area contributed by atoms with E-state index in [0.29, 0.717) is 11.3 Å². The van der Waals surface area contributed by atoms with Gasteiger partial charge in [-0.15, -0.1) is 0 Å². The Kier molecular flexibility index (Phi) is 2.60. The fourth-order valence-corrected chi connectivity index (χ4v) is 6.70. The Morgan fingerprint density at radius 1 is 0.833 bits per heavy atom. The Balaban J connectivity index is 1.59. The van der Waals surface area contributed by atoms with Crippen LogP contribution in [0, 0.1) is 35.0 Å². The van der Waals surface area contributed by atoms with Gasteiger partial charge in [0.15, 0.2) is 0 Å². The second kappa shape index (κ2) is 3.98. The van der Waals surface area contributed by atoms with Crippen LogP contribution in [0.5, 0.6) is 0 Å². The quantitative estimate of drug-likeness (QED) is 0.743. The fraction of sp³-hybridized carbons (Fsp3) is 1.00. The predicted molar refractivity (Wildman–Crippen MR) is 73.1 cm³/mol. The van der Waals surface area contributed by atoms with Crippen molar-refractivity contribution in [3.05, 3.63) is 0 Å². The molecule has 0 unspecified atom stereocenters. The van der Waals surface area contributed by atoms with Crippen molar-refractivity contribution in [2.24, 2.45) is 35.0 Å². The van der Waals surface area contributed by atoms with Crippen LogP contribution >= 0.6 is 0 Å². The minimum absolute atomic E-state index is 0.0185. The number of hydrogen-bond donors (Lipinski definition) is 1. The summed E-state index contributed by atoms with van der Waals surface area (Å²) in [5.41, 5.74) is 0.578. The van der Waals surface area contributed by atoms with Crippen molar-refractivity contribution in [3.8, 4) is 0 Å². The molecule has 0 radical (unpaired) electrons. The maximum atomic E-state index is 10.6. The van der Waals surface area contributed by atoms with Crippen LogP contribution in [0.4, 0.5) is 0 Å². The van der Waals surface area contributed by atoms with Gasteiger partial charge in [-0.05, 0) is 86.4 Å². The van der Waals surface area contributed by atoms with Crippen molar-refractivity contribution in [1.29, 1.82) is 0 Å². The third-order valence-corrected chi connectivity index (χ3v) is 6.95. The maximum Gasteiger partial charge on any atom is 0.0576 e. The first kappa shape index (κ1) is 11.8. The van der Waals surface area contributed by atoms with E-state index in [0.717, 1.165) is 30.1 Å². The zero-order chi connectivity index (χ0) is 12.3. The summed E-state index contributed by atoms with van der Waals surface area (Å²) in [7, 11) is 0. The lowest BCUT2D eigenvalue weighted by molar-refractivity contribution is -0.131. The van der Waals surface area contributed by atoms with Gasteiger partial charge in [-0.2, -0.15) is 0 Å². The standard InChI is InChI=1S/C17H28O/c1-11-2-3-15(16(18)4-11)17-8-12-5-13(9-17)7-14(6-12)10-17/h11-16,18H,2-10H2,1H3/t11-,12?,13?,14?,15+,16-,17?/m1/s1. The zero-order valence-corrected chi connectivity index (χ0v) is 11.8. The summed E-state index contributed by atoms with van der Waals surface area (Å²) >= 11 is 0. The van der Waals surface area contributed by atoms with E-state index in [1.807, 2.05) is 0 Å². The average Bonchev–Trinajstić information content (AvgIpc) is 2.26. The van der Waals surface area contributed by atoms with Crippen molar-refractivity contribution >= 4 is 0 Å². The van der Waals surface area contributed by atoms with Gasteiger partial charge in [0.05, 0.1) is 6.10 Å². The van der Waals surface area contributed by atoms with Crippen LogP contribution in [-0.4, -0.2) is 11.2 Å². The van der Waals surface area contributed by atoms with Gasteiger partial charge in [-0.1, -0.05) is 13.3 Å². The second-order valence-corrected chi connectivity index (χ2v) is 8.37. The summed E-state index contributed by atoms with van der Waals surface area (Å²) in [6.45, 7) is 2.32. The zero-order valence-electron chi connectivity index (χ0n) is 11.8. The Morgan fingerprint density at radius 3 is 1.89 bits per heavy atom. The molecule has 0 aromatic heterocycles. The molecule has 0 aliphatic heterocycles. The Labute approximate surface area is 111 Å². The first-order valence-corrected chi connectivity index (χ1v) is 8.33. The molecule has 5 aliphatic carbocycles. The minimum Gasteiger partial charge on any atom is -0.393 e. The summed E-state index contributed by atoms with van der Waals surface area (Å²) in [6, 6.07) is 0. The first-order chi connectivity index (χ1) is 8.64. The maximum absolute atomic E-state index is 10.6. The number of aliphatic hydroxyl groups is 1. The molecule has 5 fully saturated rings. The second-order valence-electron chi connectivity index (χ2n) is 8.37. The molecule has 5 saturated carbocycles. The van der Waals surface area contributed by atoms with Crippen molar-refractivity contribution in [3.63, 3.8) is 0 Å². The largest absolute Gasteiger partial charge is 0.393 e. The van der Waals surface area contributed by atoms with Gasteiger partial charge >= 0.3 is 0 Å². The van der Waals surface area contributed by atoms with E-state index >= 15 is 0 Å². The SMILES string of the molecule is C[C@@H]1CC[C@H](C23CC4CC(CC(C4)C2)C3)[C@H](O)C1. The molecule has 3 atom stereocenters. The van der Waals surface area contributed by atoms with E-state index in [4.69, 9.17) is 0 Å². The number of rotatable bonds is 1. The molecule has 1 nitrogen and oxygen atoms in total. The molecule has 0 saturated heterocycles. The molecule has 4 bridgehead atoms. The molecule has 1 N–H and O–H groups in total. The van der Waals surface area contributed by atoms with Crippen LogP contribution in [0.2, 0.25) is 0 Å². The van der Waals surface area contributed by atoms with E-state index in [1.54, 1.807) is 0 Å². The number of aliphatic hydroxyl groups excluding tert-OH is 1. The molecule has 0 aromatic rings. The van der Waals surface area contributed by atoms with E-state index in [2.05, 4.69) is 6.92 Å². The molecule has 102 valence electrons. The number of hydrogen-bond acceptors (Lipinski definition) is 1. The lowest BCUT2D eigenvalue weighted by atomic mass is 9.45. The monoisotopic (exact) mass is 248 g/mol. The third kappa shape index (κ3) is 1.69. The normalized spacial score (nSPS) is 59.0. The highest BCUT2D eigenvalue weighted by molar-refractivity contribution is 5.06. The van der Waals surface area contributed by atoms with E-state index < -0.39 is 0 Å². The van der Waals surface area contributed by atoms with Crippen molar-refractivity contribution in [2.45, 2.75) is 70.8 Å². The fourth-order valence-electron chi connectivity index (χ4n) is 6.70. The summed E-state index contributed by atoms with van der Waals surface area (Å²) in [5, 5.41) is 10.6. The van der Waals surface area contributed by atoms with Gasteiger partial charge in [0.2, 0.25) is 0 Å². The van der Waals surface area contributed by atoms with Crippen molar-refractivity contribution in [2.75, 3.05) is 0 Å². The third-order valence-electron chi connectivity index (χ3n) is 6.95. The predicted octanol–water partition coefficient (Wildman–Crippen LogP) is 4.00. The van der Waals surface area contributed by atoms with Gasteiger partial charge in [0.1, 0.15) is 0 Å². The highest BCUT2D eigenvalue weighted by Crippen LogP contribution is 2.64. The molecule has 5 rings (SSSR count). The summed E-state index contributed by atoms with van der Waals surface area (Å²) in [5.74, 6) is 4.50. The topological polar surface area (TPSA) is 20.2 Å². The van der Waals surface area contributed by atoms with Crippen LogP contribution < -0.4 is 0 Å². The van der Waals surface area contributed by atoms with Gasteiger partial charge in [-0.25, -0.2) is 0 Å². The Hall–Kier alpha value is -0.0400. The summed E-state index contributed by atoms with van der Waals surface area (Å²) < 4.78 is 0. The van der Waals surface area contributed by atoms with Gasteiger partial charge < -0.3 is 5.11 Å². The Bertz CT molecular complexity index is 299. The summed E-state index contributed by atoms with van der Waals surface area (Å²) in [4.78, 5) is 0. The van der Waals surface area contributed by atoms with Crippen LogP contribution in [0.3, 0.4) is 0 Å². The van der Waals surface area contributed by atoms with Gasteiger partial charge in [0.25, 0.3) is 0 Å². The molecule has 0 heterocycles. The van der Waals surface area contributed by atoms with E-state index in [9.17, 15) is 5.11 Å². The highest BCUT2D eigenvalue weighted by atomic mass is 16.3. The molecule has 5 aliphatic rings. The van der Waals surface area contributed by atoms with Crippen LogP contribution in [-0.2, 0) is 0 Å². The van der Waals surface area contributed by atoms with Crippen molar-refractivity contribution in [1.82, 2.24) is 0 Å². The lowest BCUT2D eigenvalue weighted by Gasteiger charge is -2.61.